The number of benzene rings is 1. The third-order valence-electron chi connectivity index (χ3n) is 3.57. The average Bonchev–Trinajstić information content (AvgIpc) is 3.09. The maximum atomic E-state index is 3.52. The molecule has 0 aromatic heterocycles. The summed E-state index contributed by atoms with van der Waals surface area (Å²) in [5.41, 5.74) is 2.99. The van der Waals surface area contributed by atoms with Gasteiger partial charge in [0, 0.05) is 0 Å². The highest BCUT2D eigenvalue weighted by Crippen LogP contribution is 2.46. The Kier molecular flexibility index (Phi) is 4.00. The zero-order valence-electron chi connectivity index (χ0n) is 10.5. The summed E-state index contributed by atoms with van der Waals surface area (Å²) in [6.07, 6.45) is 3.76. The van der Waals surface area contributed by atoms with E-state index in [2.05, 4.69) is 43.4 Å². The smallest absolute Gasteiger partial charge is 0.00144 e. The van der Waals surface area contributed by atoms with Crippen molar-refractivity contribution < 1.29 is 0 Å². The van der Waals surface area contributed by atoms with Crippen molar-refractivity contribution in [2.75, 3.05) is 13.1 Å². The van der Waals surface area contributed by atoms with E-state index in [1.54, 1.807) is 5.56 Å². The minimum absolute atomic E-state index is 0.829. The Morgan fingerprint density at radius 3 is 2.56 bits per heavy atom. The van der Waals surface area contributed by atoms with Gasteiger partial charge >= 0.3 is 0 Å². The summed E-state index contributed by atoms with van der Waals surface area (Å²) in [6, 6.07) is 9.21. The first-order valence-electron chi connectivity index (χ1n) is 6.64. The van der Waals surface area contributed by atoms with Crippen molar-refractivity contribution in [3.8, 4) is 0 Å². The Bertz CT molecular complexity index is 315. The van der Waals surface area contributed by atoms with Gasteiger partial charge in [0.2, 0.25) is 0 Å². The van der Waals surface area contributed by atoms with E-state index in [4.69, 9.17) is 0 Å². The van der Waals surface area contributed by atoms with Crippen LogP contribution < -0.4 is 5.32 Å². The van der Waals surface area contributed by atoms with E-state index >= 15 is 0 Å². The highest BCUT2D eigenvalue weighted by atomic mass is 14.9. The van der Waals surface area contributed by atoms with Crippen molar-refractivity contribution in [3.05, 3.63) is 35.4 Å². The van der Waals surface area contributed by atoms with Gasteiger partial charge in [0.05, 0.1) is 0 Å². The fraction of sp³-hybridized carbons (Fsp3) is 0.600. The SMILES string of the molecule is CCCNCC1CC1c1ccc(CC)cc1. The van der Waals surface area contributed by atoms with E-state index in [-0.39, 0.29) is 0 Å². The lowest BCUT2D eigenvalue weighted by Gasteiger charge is -2.03. The van der Waals surface area contributed by atoms with Crippen LogP contribution in [-0.4, -0.2) is 13.1 Å². The van der Waals surface area contributed by atoms with Crippen LogP contribution in [0, 0.1) is 5.92 Å². The second kappa shape index (κ2) is 5.49. The molecule has 0 heterocycles. The van der Waals surface area contributed by atoms with E-state index in [1.807, 2.05) is 0 Å². The number of rotatable bonds is 6. The Hall–Kier alpha value is -0.820. The number of hydrogen-bond donors (Lipinski definition) is 1. The molecule has 1 N–H and O–H groups in total. The topological polar surface area (TPSA) is 12.0 Å². The molecule has 88 valence electrons. The predicted octanol–water partition coefficient (Wildman–Crippen LogP) is 3.35. The Labute approximate surface area is 99.3 Å². The van der Waals surface area contributed by atoms with E-state index in [0.29, 0.717) is 0 Å². The molecule has 16 heavy (non-hydrogen) atoms. The predicted molar refractivity (Wildman–Crippen MR) is 69.8 cm³/mol. The van der Waals surface area contributed by atoms with E-state index in [9.17, 15) is 0 Å². The third kappa shape index (κ3) is 2.85. The van der Waals surface area contributed by atoms with Crippen LogP contribution in [0.4, 0.5) is 0 Å². The normalized spacial score (nSPS) is 23.4. The fourth-order valence-electron chi connectivity index (χ4n) is 2.35. The van der Waals surface area contributed by atoms with Crippen LogP contribution in [0.25, 0.3) is 0 Å². The molecule has 2 rings (SSSR count). The summed E-state index contributed by atoms with van der Waals surface area (Å²) in [6.45, 7) is 6.80. The van der Waals surface area contributed by atoms with Gasteiger partial charge in [0.1, 0.15) is 0 Å². The van der Waals surface area contributed by atoms with Crippen molar-refractivity contribution in [1.29, 1.82) is 0 Å². The molecule has 1 aromatic carbocycles. The molecular weight excluding hydrogens is 194 g/mol. The number of hydrogen-bond acceptors (Lipinski definition) is 1. The zero-order chi connectivity index (χ0) is 11.4. The first-order chi connectivity index (χ1) is 7.85. The molecule has 0 amide bonds. The minimum atomic E-state index is 0.829. The van der Waals surface area contributed by atoms with Crippen molar-refractivity contribution >= 4 is 0 Å². The molecule has 0 spiro atoms. The Balaban J connectivity index is 1.81. The van der Waals surface area contributed by atoms with Crippen LogP contribution in [0.15, 0.2) is 24.3 Å². The van der Waals surface area contributed by atoms with Crippen molar-refractivity contribution in [1.82, 2.24) is 5.32 Å². The first-order valence-corrected chi connectivity index (χ1v) is 6.64. The number of nitrogens with one attached hydrogen (secondary N) is 1. The van der Waals surface area contributed by atoms with Gasteiger partial charge in [-0.3, -0.25) is 0 Å². The van der Waals surface area contributed by atoms with Gasteiger partial charge in [-0.05, 0) is 55.3 Å². The van der Waals surface area contributed by atoms with E-state index in [1.165, 1.54) is 24.9 Å². The zero-order valence-corrected chi connectivity index (χ0v) is 10.5. The highest BCUT2D eigenvalue weighted by molar-refractivity contribution is 5.29. The van der Waals surface area contributed by atoms with Gasteiger partial charge in [-0.2, -0.15) is 0 Å². The standard InChI is InChI=1S/C15H23N/c1-3-9-16-11-14-10-15(14)13-7-5-12(4-2)6-8-13/h5-8,14-16H,3-4,9-11H2,1-2H3. The van der Waals surface area contributed by atoms with Crippen LogP contribution in [0.1, 0.15) is 43.7 Å². The molecule has 1 nitrogen and oxygen atoms in total. The minimum Gasteiger partial charge on any atom is -0.316 e. The fourth-order valence-corrected chi connectivity index (χ4v) is 2.35. The molecule has 0 bridgehead atoms. The van der Waals surface area contributed by atoms with Crippen LogP contribution >= 0.6 is 0 Å². The average molecular weight is 217 g/mol. The quantitative estimate of drug-likeness (QED) is 0.721. The summed E-state index contributed by atoms with van der Waals surface area (Å²) in [4.78, 5) is 0. The van der Waals surface area contributed by atoms with Crippen LogP contribution in [0.3, 0.4) is 0 Å². The molecule has 0 saturated heterocycles. The molecule has 1 fully saturated rings. The maximum Gasteiger partial charge on any atom is -0.00144 e. The third-order valence-corrected chi connectivity index (χ3v) is 3.57. The van der Waals surface area contributed by atoms with E-state index < -0.39 is 0 Å². The largest absolute Gasteiger partial charge is 0.316 e. The molecule has 1 heteroatoms. The highest BCUT2D eigenvalue weighted by Gasteiger charge is 2.37. The van der Waals surface area contributed by atoms with Crippen LogP contribution in [-0.2, 0) is 6.42 Å². The molecule has 1 aliphatic rings. The lowest BCUT2D eigenvalue weighted by molar-refractivity contribution is 0.620. The second-order valence-corrected chi connectivity index (χ2v) is 4.90. The summed E-state index contributed by atoms with van der Waals surface area (Å²) < 4.78 is 0. The van der Waals surface area contributed by atoms with Gasteiger partial charge in [-0.15, -0.1) is 0 Å². The lowest BCUT2D eigenvalue weighted by atomic mass is 10.1. The van der Waals surface area contributed by atoms with Gasteiger partial charge < -0.3 is 5.32 Å². The number of aryl methyl sites for hydroxylation is 1. The molecule has 1 saturated carbocycles. The van der Waals surface area contributed by atoms with Gasteiger partial charge in [-0.1, -0.05) is 38.1 Å². The summed E-state index contributed by atoms with van der Waals surface area (Å²) >= 11 is 0. The summed E-state index contributed by atoms with van der Waals surface area (Å²) in [5, 5.41) is 3.52. The molecule has 2 atom stereocenters. The second-order valence-electron chi connectivity index (χ2n) is 4.90. The van der Waals surface area contributed by atoms with Gasteiger partial charge in [0.15, 0.2) is 0 Å². The Morgan fingerprint density at radius 2 is 1.94 bits per heavy atom. The molecule has 0 radical (unpaired) electrons. The maximum absolute atomic E-state index is 3.52. The van der Waals surface area contributed by atoms with Crippen molar-refractivity contribution in [2.24, 2.45) is 5.92 Å². The van der Waals surface area contributed by atoms with E-state index in [0.717, 1.165) is 24.8 Å². The van der Waals surface area contributed by atoms with Gasteiger partial charge in [-0.25, -0.2) is 0 Å². The lowest BCUT2D eigenvalue weighted by Crippen LogP contribution is -2.17. The summed E-state index contributed by atoms with van der Waals surface area (Å²) in [7, 11) is 0. The molecule has 1 aliphatic carbocycles. The molecule has 1 aromatic rings. The molecule has 2 unspecified atom stereocenters. The monoisotopic (exact) mass is 217 g/mol. The van der Waals surface area contributed by atoms with Crippen LogP contribution in [0.2, 0.25) is 0 Å². The Morgan fingerprint density at radius 1 is 1.19 bits per heavy atom. The molecule has 0 aliphatic heterocycles. The van der Waals surface area contributed by atoms with Crippen molar-refractivity contribution in [2.45, 2.75) is 39.0 Å². The van der Waals surface area contributed by atoms with Crippen LogP contribution in [0.5, 0.6) is 0 Å². The molecular formula is C15H23N. The first kappa shape index (κ1) is 11.7. The van der Waals surface area contributed by atoms with Crippen molar-refractivity contribution in [3.63, 3.8) is 0 Å². The summed E-state index contributed by atoms with van der Waals surface area (Å²) in [5.74, 6) is 1.72. The van der Waals surface area contributed by atoms with Gasteiger partial charge in [0.25, 0.3) is 0 Å².